The maximum Gasteiger partial charge on any atom is 0.0409 e. The molecular weight excluding hydrogens is 196 g/mol. The molecule has 0 saturated heterocycles. The highest BCUT2D eigenvalue weighted by Gasteiger charge is 2.12. The number of anilines is 1. The van der Waals surface area contributed by atoms with Crippen molar-refractivity contribution in [3.8, 4) is 0 Å². The van der Waals surface area contributed by atoms with Crippen molar-refractivity contribution in [2.24, 2.45) is 5.73 Å². The van der Waals surface area contributed by atoms with Crippen LogP contribution in [0.4, 0.5) is 5.69 Å². The first-order valence-electron chi connectivity index (χ1n) is 6.27. The molecule has 0 spiro atoms. The van der Waals surface area contributed by atoms with E-state index in [1.165, 1.54) is 31.4 Å². The summed E-state index contributed by atoms with van der Waals surface area (Å²) >= 11 is 0. The monoisotopic (exact) mass is 220 g/mol. The van der Waals surface area contributed by atoms with E-state index in [9.17, 15) is 0 Å². The second kappa shape index (κ2) is 7.29. The van der Waals surface area contributed by atoms with Crippen LogP contribution < -0.4 is 10.6 Å². The Morgan fingerprint density at radius 2 is 1.88 bits per heavy atom. The van der Waals surface area contributed by atoms with Gasteiger partial charge in [0.25, 0.3) is 0 Å². The van der Waals surface area contributed by atoms with Crippen LogP contribution in [-0.2, 0) is 0 Å². The van der Waals surface area contributed by atoms with Crippen LogP contribution in [0, 0.1) is 0 Å². The lowest BCUT2D eigenvalue weighted by Crippen LogP contribution is -2.37. The van der Waals surface area contributed by atoms with Crippen molar-refractivity contribution in [3.05, 3.63) is 30.3 Å². The standard InChI is InChI=1S/C14H24N2/c1-3-4-6-11-14(12-15)16(2)13-9-7-5-8-10-13/h5,7-10,14H,3-4,6,11-12,15H2,1-2H3. The normalized spacial score (nSPS) is 12.4. The molecule has 0 saturated carbocycles. The minimum absolute atomic E-state index is 0.467. The molecule has 2 N–H and O–H groups in total. The SMILES string of the molecule is CCCCCC(CN)N(C)c1ccccc1. The van der Waals surface area contributed by atoms with Gasteiger partial charge in [0.05, 0.1) is 0 Å². The highest BCUT2D eigenvalue weighted by atomic mass is 15.1. The quantitative estimate of drug-likeness (QED) is 0.716. The molecular formula is C14H24N2. The van der Waals surface area contributed by atoms with Gasteiger partial charge in [0.1, 0.15) is 0 Å². The molecule has 2 heteroatoms. The first-order chi connectivity index (χ1) is 7.79. The molecule has 1 atom stereocenters. The number of rotatable bonds is 7. The van der Waals surface area contributed by atoms with Gasteiger partial charge in [-0.2, -0.15) is 0 Å². The average Bonchev–Trinajstić information content (AvgIpc) is 2.35. The van der Waals surface area contributed by atoms with E-state index in [1.807, 2.05) is 6.07 Å². The number of nitrogens with two attached hydrogens (primary N) is 1. The summed E-state index contributed by atoms with van der Waals surface area (Å²) in [6, 6.07) is 10.9. The Bertz CT molecular complexity index is 271. The molecule has 0 bridgehead atoms. The molecule has 0 aliphatic rings. The molecule has 1 aromatic rings. The minimum atomic E-state index is 0.467. The largest absolute Gasteiger partial charge is 0.370 e. The van der Waals surface area contributed by atoms with Crippen molar-refractivity contribution in [1.29, 1.82) is 0 Å². The molecule has 1 unspecified atom stereocenters. The highest BCUT2D eigenvalue weighted by molar-refractivity contribution is 5.46. The lowest BCUT2D eigenvalue weighted by atomic mass is 10.1. The molecule has 1 aromatic carbocycles. The zero-order valence-electron chi connectivity index (χ0n) is 10.5. The van der Waals surface area contributed by atoms with Gasteiger partial charge in [0.15, 0.2) is 0 Å². The van der Waals surface area contributed by atoms with Gasteiger partial charge in [-0.05, 0) is 18.6 Å². The predicted molar refractivity (Wildman–Crippen MR) is 71.8 cm³/mol. The van der Waals surface area contributed by atoms with E-state index in [1.54, 1.807) is 0 Å². The van der Waals surface area contributed by atoms with Gasteiger partial charge < -0.3 is 10.6 Å². The predicted octanol–water partition coefficient (Wildman–Crippen LogP) is 3.03. The first kappa shape index (κ1) is 13.0. The molecule has 2 nitrogen and oxygen atoms in total. The minimum Gasteiger partial charge on any atom is -0.370 e. The number of hydrogen-bond acceptors (Lipinski definition) is 2. The summed E-state index contributed by atoms with van der Waals surface area (Å²) in [4.78, 5) is 2.30. The average molecular weight is 220 g/mol. The van der Waals surface area contributed by atoms with Crippen molar-refractivity contribution in [2.75, 3.05) is 18.5 Å². The Labute approximate surface area is 99.5 Å². The Morgan fingerprint density at radius 3 is 2.44 bits per heavy atom. The van der Waals surface area contributed by atoms with Crippen LogP contribution in [0.15, 0.2) is 30.3 Å². The van der Waals surface area contributed by atoms with Crippen LogP contribution in [0.5, 0.6) is 0 Å². The third-order valence-electron chi connectivity index (χ3n) is 3.12. The summed E-state index contributed by atoms with van der Waals surface area (Å²) in [6.07, 6.45) is 5.04. The first-order valence-corrected chi connectivity index (χ1v) is 6.27. The molecule has 0 fully saturated rings. The molecule has 16 heavy (non-hydrogen) atoms. The molecule has 1 rings (SSSR count). The van der Waals surface area contributed by atoms with Crippen molar-refractivity contribution in [2.45, 2.75) is 38.6 Å². The maximum absolute atomic E-state index is 5.85. The summed E-state index contributed by atoms with van der Waals surface area (Å²) in [5, 5.41) is 0. The van der Waals surface area contributed by atoms with Gasteiger partial charge in [-0.25, -0.2) is 0 Å². The molecule has 90 valence electrons. The van der Waals surface area contributed by atoms with Gasteiger partial charge in [-0.3, -0.25) is 0 Å². The second-order valence-electron chi connectivity index (χ2n) is 4.33. The topological polar surface area (TPSA) is 29.3 Å². The summed E-state index contributed by atoms with van der Waals surface area (Å²) in [7, 11) is 2.14. The van der Waals surface area contributed by atoms with Crippen LogP contribution in [0.25, 0.3) is 0 Å². The number of unbranched alkanes of at least 4 members (excludes halogenated alkanes) is 2. The van der Waals surface area contributed by atoms with Crippen LogP contribution in [0.1, 0.15) is 32.6 Å². The van der Waals surface area contributed by atoms with Crippen LogP contribution in [-0.4, -0.2) is 19.6 Å². The number of nitrogens with zero attached hydrogens (tertiary/aromatic N) is 1. The fourth-order valence-electron chi connectivity index (χ4n) is 1.97. The number of hydrogen-bond donors (Lipinski definition) is 1. The van der Waals surface area contributed by atoms with Crippen molar-refractivity contribution in [3.63, 3.8) is 0 Å². The van der Waals surface area contributed by atoms with E-state index in [4.69, 9.17) is 5.73 Å². The summed E-state index contributed by atoms with van der Waals surface area (Å²) in [5.41, 5.74) is 7.11. The summed E-state index contributed by atoms with van der Waals surface area (Å²) < 4.78 is 0. The van der Waals surface area contributed by atoms with Gasteiger partial charge in [0, 0.05) is 25.3 Å². The molecule has 0 amide bonds. The fourth-order valence-corrected chi connectivity index (χ4v) is 1.97. The number of benzene rings is 1. The second-order valence-corrected chi connectivity index (χ2v) is 4.33. The molecule has 0 heterocycles. The molecule has 0 radical (unpaired) electrons. The number of likely N-dealkylation sites (N-methyl/N-ethyl adjacent to an activating group) is 1. The van der Waals surface area contributed by atoms with Crippen molar-refractivity contribution in [1.82, 2.24) is 0 Å². The van der Waals surface area contributed by atoms with Crippen LogP contribution in [0.2, 0.25) is 0 Å². The number of para-hydroxylation sites is 1. The van der Waals surface area contributed by atoms with Gasteiger partial charge >= 0.3 is 0 Å². The Hall–Kier alpha value is -1.02. The molecule has 0 aromatic heterocycles. The maximum atomic E-state index is 5.85. The smallest absolute Gasteiger partial charge is 0.0409 e. The van der Waals surface area contributed by atoms with E-state index < -0.39 is 0 Å². The van der Waals surface area contributed by atoms with Gasteiger partial charge in [-0.15, -0.1) is 0 Å². The van der Waals surface area contributed by atoms with Crippen LogP contribution in [0.3, 0.4) is 0 Å². The van der Waals surface area contributed by atoms with E-state index in [-0.39, 0.29) is 0 Å². The summed E-state index contributed by atoms with van der Waals surface area (Å²) in [6.45, 7) is 2.97. The lowest BCUT2D eigenvalue weighted by molar-refractivity contribution is 0.544. The van der Waals surface area contributed by atoms with Gasteiger partial charge in [-0.1, -0.05) is 44.4 Å². The van der Waals surface area contributed by atoms with E-state index in [0.29, 0.717) is 6.04 Å². The third-order valence-corrected chi connectivity index (χ3v) is 3.12. The Morgan fingerprint density at radius 1 is 1.19 bits per heavy atom. The Balaban J connectivity index is 2.52. The van der Waals surface area contributed by atoms with Gasteiger partial charge in [0.2, 0.25) is 0 Å². The lowest BCUT2D eigenvalue weighted by Gasteiger charge is -2.29. The fraction of sp³-hybridized carbons (Fsp3) is 0.571. The molecule has 0 aliphatic carbocycles. The molecule has 0 aliphatic heterocycles. The zero-order chi connectivity index (χ0) is 11.8. The highest BCUT2D eigenvalue weighted by Crippen LogP contribution is 2.17. The van der Waals surface area contributed by atoms with E-state index in [0.717, 1.165) is 6.54 Å². The van der Waals surface area contributed by atoms with E-state index in [2.05, 4.69) is 43.1 Å². The van der Waals surface area contributed by atoms with Crippen LogP contribution >= 0.6 is 0 Å². The van der Waals surface area contributed by atoms with Crippen molar-refractivity contribution >= 4 is 5.69 Å². The zero-order valence-corrected chi connectivity index (χ0v) is 10.5. The Kier molecular flexibility index (Phi) is 5.94. The van der Waals surface area contributed by atoms with E-state index >= 15 is 0 Å². The summed E-state index contributed by atoms with van der Waals surface area (Å²) in [5.74, 6) is 0. The third kappa shape index (κ3) is 3.86. The van der Waals surface area contributed by atoms with Crippen molar-refractivity contribution < 1.29 is 0 Å².